The molecule has 3 aromatic rings. The Kier molecular flexibility index (Phi) is 5.59. The van der Waals surface area contributed by atoms with Crippen molar-refractivity contribution < 1.29 is 14.6 Å². The number of aromatic nitrogens is 2. The highest BCUT2D eigenvalue weighted by molar-refractivity contribution is 6.08. The number of likely N-dealkylation sites (tertiary alicyclic amines) is 1. The summed E-state index contributed by atoms with van der Waals surface area (Å²) >= 11 is 0. The van der Waals surface area contributed by atoms with Crippen LogP contribution in [0.4, 0.5) is 5.69 Å². The minimum absolute atomic E-state index is 0.123. The highest BCUT2D eigenvalue weighted by Gasteiger charge is 2.28. The first kappa shape index (κ1) is 21.4. The van der Waals surface area contributed by atoms with Crippen LogP contribution in [-0.2, 0) is 11.3 Å². The van der Waals surface area contributed by atoms with E-state index in [1.165, 1.54) is 18.4 Å². The van der Waals surface area contributed by atoms with Crippen molar-refractivity contribution in [2.45, 2.75) is 44.2 Å². The molecule has 0 radical (unpaired) electrons. The first-order chi connectivity index (χ1) is 16.7. The summed E-state index contributed by atoms with van der Waals surface area (Å²) < 4.78 is 7.93. The van der Waals surface area contributed by atoms with Gasteiger partial charge < -0.3 is 14.7 Å². The molecule has 1 saturated carbocycles. The zero-order valence-electron chi connectivity index (χ0n) is 19.3. The Labute approximate surface area is 199 Å². The maximum atomic E-state index is 13.0. The van der Waals surface area contributed by atoms with Crippen molar-refractivity contribution in [1.29, 1.82) is 0 Å². The zero-order chi connectivity index (χ0) is 23.1. The first-order valence-corrected chi connectivity index (χ1v) is 12.3. The molecule has 1 amide bonds. The van der Waals surface area contributed by atoms with Gasteiger partial charge in [0.1, 0.15) is 5.75 Å². The molecule has 1 saturated heterocycles. The number of aliphatic hydroxyl groups excluding tert-OH is 1. The smallest absolute Gasteiger partial charge is 0.294 e. The lowest BCUT2D eigenvalue weighted by Crippen LogP contribution is -2.34. The molecule has 1 aliphatic carbocycles. The summed E-state index contributed by atoms with van der Waals surface area (Å²) in [5.74, 6) is 1.65. The molecule has 3 aliphatic rings. The van der Waals surface area contributed by atoms with Gasteiger partial charge in [-0.1, -0.05) is 12.1 Å². The number of ether oxygens (including phenoxy) is 1. The first-order valence-electron chi connectivity index (χ1n) is 12.3. The van der Waals surface area contributed by atoms with Crippen molar-refractivity contribution in [2.24, 2.45) is 0 Å². The van der Waals surface area contributed by atoms with E-state index in [2.05, 4.69) is 22.1 Å². The van der Waals surface area contributed by atoms with Gasteiger partial charge in [-0.05, 0) is 80.1 Å². The number of fused-ring (bicyclic) bond motifs is 1. The molecular weight excluding hydrogens is 428 g/mol. The number of nitrogens with zero attached hydrogens (tertiary/aromatic N) is 4. The van der Waals surface area contributed by atoms with Gasteiger partial charge in [0.2, 0.25) is 0 Å². The van der Waals surface area contributed by atoms with Gasteiger partial charge in [0.15, 0.2) is 5.76 Å². The fourth-order valence-corrected chi connectivity index (χ4v) is 5.18. The minimum atomic E-state index is -0.123. The van der Waals surface area contributed by atoms with Gasteiger partial charge in [0, 0.05) is 30.2 Å². The van der Waals surface area contributed by atoms with E-state index >= 15 is 0 Å². The maximum Gasteiger partial charge on any atom is 0.294 e. The number of amides is 1. The average molecular weight is 459 g/mol. The molecule has 1 atom stereocenters. The molecule has 176 valence electrons. The number of hydrogen-bond acceptors (Lipinski definition) is 5. The molecule has 1 N–H and O–H groups in total. The van der Waals surface area contributed by atoms with Gasteiger partial charge in [-0.15, -0.1) is 0 Å². The molecule has 2 aromatic carbocycles. The van der Waals surface area contributed by atoms with Crippen molar-refractivity contribution in [3.8, 4) is 5.75 Å². The monoisotopic (exact) mass is 458 g/mol. The lowest BCUT2D eigenvalue weighted by molar-refractivity contribution is -0.116. The van der Waals surface area contributed by atoms with Crippen molar-refractivity contribution >= 4 is 22.5 Å². The molecule has 2 fully saturated rings. The Morgan fingerprint density at radius 3 is 2.71 bits per heavy atom. The second-order valence-corrected chi connectivity index (χ2v) is 9.55. The standard InChI is InChI=1S/C27H30N4O3/c32-18-23-2-1-12-29(23)14-15-31-25-10-7-22(16-21(25)17-28-31)30-13-11-26(27(30)33)34-24-8-5-20(6-9-24)19-3-4-19/h5-11,16-17,19,23,32H,1-4,12-15,18H2/t23-/m1/s1. The predicted molar refractivity (Wildman–Crippen MR) is 131 cm³/mol. The van der Waals surface area contributed by atoms with Crippen LogP contribution < -0.4 is 9.64 Å². The summed E-state index contributed by atoms with van der Waals surface area (Å²) in [6.07, 6.45) is 8.45. The molecule has 0 bridgehead atoms. The van der Waals surface area contributed by atoms with E-state index in [4.69, 9.17) is 4.74 Å². The number of aliphatic hydroxyl groups is 1. The third-order valence-corrected chi connectivity index (χ3v) is 7.32. The number of hydrogen-bond donors (Lipinski definition) is 1. The van der Waals surface area contributed by atoms with Crippen LogP contribution in [0.3, 0.4) is 0 Å². The van der Waals surface area contributed by atoms with Gasteiger partial charge in [0.05, 0.1) is 24.9 Å². The molecule has 3 heterocycles. The maximum absolute atomic E-state index is 13.0. The van der Waals surface area contributed by atoms with Crippen LogP contribution in [0.15, 0.2) is 60.5 Å². The normalized spacial score (nSPS) is 21.0. The topological polar surface area (TPSA) is 70.8 Å². The molecule has 7 nitrogen and oxygen atoms in total. The molecule has 0 spiro atoms. The molecule has 0 unspecified atom stereocenters. The lowest BCUT2D eigenvalue weighted by atomic mass is 10.1. The summed E-state index contributed by atoms with van der Waals surface area (Å²) in [6.45, 7) is 3.40. The van der Waals surface area contributed by atoms with Crippen LogP contribution in [0.2, 0.25) is 0 Å². The zero-order valence-corrected chi connectivity index (χ0v) is 19.3. The summed E-state index contributed by atoms with van der Waals surface area (Å²) in [5.41, 5.74) is 3.24. The third-order valence-electron chi connectivity index (χ3n) is 7.32. The molecule has 34 heavy (non-hydrogen) atoms. The average Bonchev–Trinajstić information content (AvgIpc) is 3.31. The second kappa shape index (κ2) is 8.89. The Bertz CT molecular complexity index is 1230. The quantitative estimate of drug-likeness (QED) is 0.558. The summed E-state index contributed by atoms with van der Waals surface area (Å²) in [5, 5.41) is 15.1. The highest BCUT2D eigenvalue weighted by atomic mass is 16.5. The Morgan fingerprint density at radius 2 is 1.91 bits per heavy atom. The SMILES string of the molecule is O=C1C(Oc2ccc(C3CC3)cc2)=CCN1c1ccc2c(cnn2CCN2CCC[C@@H]2CO)c1. The third kappa shape index (κ3) is 4.10. The summed E-state index contributed by atoms with van der Waals surface area (Å²) in [4.78, 5) is 17.1. The second-order valence-electron chi connectivity index (χ2n) is 9.55. The molecule has 6 rings (SSSR count). The highest BCUT2D eigenvalue weighted by Crippen LogP contribution is 2.40. The van der Waals surface area contributed by atoms with Crippen LogP contribution in [-0.4, -0.2) is 58.0 Å². The van der Waals surface area contributed by atoms with E-state index in [0.29, 0.717) is 24.0 Å². The van der Waals surface area contributed by atoms with Gasteiger partial charge >= 0.3 is 0 Å². The van der Waals surface area contributed by atoms with Crippen LogP contribution in [0, 0.1) is 0 Å². The number of rotatable bonds is 8. The summed E-state index contributed by atoms with van der Waals surface area (Å²) in [7, 11) is 0. The Hall–Kier alpha value is -3.16. The number of carbonyl (C=O) groups is 1. The molecular formula is C27H30N4O3. The largest absolute Gasteiger partial charge is 0.452 e. The minimum Gasteiger partial charge on any atom is -0.452 e. The number of carbonyl (C=O) groups excluding carboxylic acids is 1. The molecule has 1 aromatic heterocycles. The van der Waals surface area contributed by atoms with Crippen LogP contribution in [0.25, 0.3) is 10.9 Å². The van der Waals surface area contributed by atoms with Crippen molar-refractivity contribution in [3.05, 3.63) is 66.1 Å². The van der Waals surface area contributed by atoms with E-state index in [0.717, 1.165) is 49.1 Å². The lowest BCUT2D eigenvalue weighted by Gasteiger charge is -2.22. The fourth-order valence-electron chi connectivity index (χ4n) is 5.18. The van der Waals surface area contributed by atoms with E-state index in [1.807, 2.05) is 47.3 Å². The van der Waals surface area contributed by atoms with Crippen LogP contribution >= 0.6 is 0 Å². The number of benzene rings is 2. The molecule has 7 heteroatoms. The van der Waals surface area contributed by atoms with Crippen molar-refractivity contribution in [1.82, 2.24) is 14.7 Å². The van der Waals surface area contributed by atoms with Crippen molar-refractivity contribution in [3.63, 3.8) is 0 Å². The van der Waals surface area contributed by atoms with Gasteiger partial charge in [-0.2, -0.15) is 5.10 Å². The Balaban J connectivity index is 1.11. The van der Waals surface area contributed by atoms with Gasteiger partial charge in [-0.25, -0.2) is 0 Å². The van der Waals surface area contributed by atoms with E-state index in [1.54, 1.807) is 4.90 Å². The number of anilines is 1. The van der Waals surface area contributed by atoms with E-state index in [-0.39, 0.29) is 18.6 Å². The predicted octanol–water partition coefficient (Wildman–Crippen LogP) is 3.68. The fraction of sp³-hybridized carbons (Fsp3) is 0.407. The van der Waals surface area contributed by atoms with Gasteiger partial charge in [-0.3, -0.25) is 14.4 Å². The molecule has 2 aliphatic heterocycles. The van der Waals surface area contributed by atoms with Crippen LogP contribution in [0.1, 0.15) is 37.2 Å². The summed E-state index contributed by atoms with van der Waals surface area (Å²) in [6, 6.07) is 14.4. The van der Waals surface area contributed by atoms with Crippen molar-refractivity contribution in [2.75, 3.05) is 31.1 Å². The van der Waals surface area contributed by atoms with E-state index < -0.39 is 0 Å². The van der Waals surface area contributed by atoms with Gasteiger partial charge in [0.25, 0.3) is 5.91 Å². The Morgan fingerprint density at radius 1 is 1.06 bits per heavy atom. The van der Waals surface area contributed by atoms with Crippen LogP contribution in [0.5, 0.6) is 5.75 Å². The van der Waals surface area contributed by atoms with E-state index in [9.17, 15) is 9.90 Å².